The molecule has 1 unspecified atom stereocenters. The van der Waals surface area contributed by atoms with Gasteiger partial charge in [0.2, 0.25) is 35.4 Å². The molecule has 7 N–H and O–H groups in total. The van der Waals surface area contributed by atoms with E-state index in [2.05, 4.69) is 38.1 Å². The Morgan fingerprint density at radius 1 is 0.921 bits per heavy atom. The van der Waals surface area contributed by atoms with Gasteiger partial charge in [-0.05, 0) is 100 Å². The number of alkyl halides is 2. The van der Waals surface area contributed by atoms with Gasteiger partial charge in [0.1, 0.15) is 23.8 Å². The monoisotopic (exact) mass is 1050 g/mol. The van der Waals surface area contributed by atoms with Gasteiger partial charge in [0.25, 0.3) is 17.7 Å². The zero-order chi connectivity index (χ0) is 54.3. The lowest BCUT2D eigenvalue weighted by Crippen LogP contribution is -2.57. The summed E-state index contributed by atoms with van der Waals surface area (Å²) in [5.74, 6) is -1.42. The molecule has 0 radical (unpaired) electrons. The highest BCUT2D eigenvalue weighted by Crippen LogP contribution is 2.35. The molecular weight excluding hydrogens is 981 g/mol. The van der Waals surface area contributed by atoms with Gasteiger partial charge >= 0.3 is 0 Å². The molecule has 18 nitrogen and oxygen atoms in total. The summed E-state index contributed by atoms with van der Waals surface area (Å²) in [5.41, 5.74) is 7.89. The van der Waals surface area contributed by atoms with E-state index in [-0.39, 0.29) is 92.6 Å². The van der Waals surface area contributed by atoms with Crippen molar-refractivity contribution in [3.63, 3.8) is 0 Å². The largest absolute Gasteiger partial charge is 0.370 e. The van der Waals surface area contributed by atoms with Crippen LogP contribution in [0.15, 0.2) is 42.5 Å². The number of rotatable bonds is 20. The number of piperidine rings is 1. The number of imide groups is 1. The van der Waals surface area contributed by atoms with Crippen molar-refractivity contribution in [3.05, 3.63) is 70.4 Å². The third kappa shape index (κ3) is 13.1. The van der Waals surface area contributed by atoms with Crippen LogP contribution in [0.3, 0.4) is 0 Å². The SMILES string of the molecule is CN1C[C@H]2CC[C@@H](C(=O)N[C@@H](CCC(N)=O)C(=O)C[C@H](C(=O)NCCCCCCC#Cc3cccc4c3CN(C3CCC(=O)NC3=O)C4=O)C3CCCCC3)N2C(=O)[C@@H](NC(=O)c2cc3cc(C(C)(F)F)ccc3[nH]2)C1. The average molecular weight is 1050 g/mol. The van der Waals surface area contributed by atoms with Crippen LogP contribution in [0.2, 0.25) is 0 Å². The van der Waals surface area contributed by atoms with Crippen molar-refractivity contribution in [1.82, 2.24) is 41.0 Å². The molecule has 3 aromatic rings. The number of hydrogen-bond donors (Lipinski definition) is 6. The van der Waals surface area contributed by atoms with Crippen molar-refractivity contribution in [2.75, 3.05) is 26.7 Å². The van der Waals surface area contributed by atoms with E-state index in [0.29, 0.717) is 48.8 Å². The first kappa shape index (κ1) is 55.2. The number of halogens is 2. The van der Waals surface area contributed by atoms with Crippen molar-refractivity contribution in [2.24, 2.45) is 17.6 Å². The Balaban J connectivity index is 0.839. The van der Waals surface area contributed by atoms with Crippen LogP contribution in [0.25, 0.3) is 10.9 Å². The number of fused-ring (bicyclic) bond motifs is 3. The molecular formula is C56H69F2N9O9. The first-order valence-electron chi connectivity index (χ1n) is 26.8. The fraction of sp³-hybridized carbons (Fsp3) is 0.554. The maximum Gasteiger partial charge on any atom is 0.270 e. The molecule has 3 saturated heterocycles. The summed E-state index contributed by atoms with van der Waals surface area (Å²) < 4.78 is 28.1. The van der Waals surface area contributed by atoms with E-state index in [9.17, 15) is 51.9 Å². The predicted octanol–water partition coefficient (Wildman–Crippen LogP) is 4.47. The summed E-state index contributed by atoms with van der Waals surface area (Å²) in [6.07, 6.45) is 9.03. The number of likely N-dealkylation sites (N-methyl/N-ethyl adjacent to an activating group) is 1. The second kappa shape index (κ2) is 24.3. The van der Waals surface area contributed by atoms with E-state index in [0.717, 1.165) is 69.4 Å². The minimum atomic E-state index is -3.08. The second-order valence-electron chi connectivity index (χ2n) is 21.3. The van der Waals surface area contributed by atoms with Gasteiger partial charge in [-0.25, -0.2) is 8.78 Å². The summed E-state index contributed by atoms with van der Waals surface area (Å²) in [7, 11) is 1.81. The number of primary amides is 1. The molecule has 0 spiro atoms. The Hall–Kier alpha value is -7.01. The maximum absolute atomic E-state index is 14.4. The van der Waals surface area contributed by atoms with Gasteiger partial charge < -0.3 is 41.4 Å². The molecule has 4 fully saturated rings. The summed E-state index contributed by atoms with van der Waals surface area (Å²) in [4.78, 5) is 128. The van der Waals surface area contributed by atoms with Crippen LogP contribution in [0.4, 0.5) is 8.78 Å². The number of Topliss-reactive ketones (excluding diaryl/α,β-unsaturated/α-hetero) is 1. The van der Waals surface area contributed by atoms with Gasteiger partial charge in [-0.2, -0.15) is 0 Å². The van der Waals surface area contributed by atoms with Crippen LogP contribution in [0.1, 0.15) is 154 Å². The fourth-order valence-electron chi connectivity index (χ4n) is 11.7. The number of nitrogens with two attached hydrogens (primary N) is 1. The lowest BCUT2D eigenvalue weighted by Gasteiger charge is -2.32. The molecule has 8 rings (SSSR count). The number of aromatic amines is 1. The Morgan fingerprint density at radius 2 is 1.70 bits per heavy atom. The predicted molar refractivity (Wildman–Crippen MR) is 276 cm³/mol. The quantitative estimate of drug-likeness (QED) is 0.0526. The van der Waals surface area contributed by atoms with Gasteiger partial charge in [0.15, 0.2) is 5.78 Å². The summed E-state index contributed by atoms with van der Waals surface area (Å²) in [6, 6.07) is 6.57. The van der Waals surface area contributed by atoms with E-state index in [4.69, 9.17) is 5.73 Å². The fourth-order valence-corrected chi connectivity index (χ4v) is 11.7. The minimum absolute atomic E-state index is 0.0504. The van der Waals surface area contributed by atoms with E-state index in [1.54, 1.807) is 12.1 Å². The number of carbonyl (C=O) groups is 9. The van der Waals surface area contributed by atoms with Crippen LogP contribution >= 0.6 is 0 Å². The van der Waals surface area contributed by atoms with Gasteiger partial charge in [0.05, 0.1) is 6.04 Å². The Bertz CT molecular complexity index is 2810. The molecule has 4 aliphatic heterocycles. The van der Waals surface area contributed by atoms with E-state index in [1.807, 2.05) is 18.0 Å². The first-order valence-corrected chi connectivity index (χ1v) is 26.8. The third-order valence-corrected chi connectivity index (χ3v) is 15.7. The first-order chi connectivity index (χ1) is 36.4. The van der Waals surface area contributed by atoms with Crippen molar-refractivity contribution < 1.29 is 51.9 Å². The number of nitrogens with one attached hydrogen (secondary N) is 5. The smallest absolute Gasteiger partial charge is 0.270 e. The zero-order valence-electron chi connectivity index (χ0n) is 43.3. The number of hydrogen-bond acceptors (Lipinski definition) is 10. The average Bonchev–Trinajstić information content (AvgIpc) is 4.10. The number of unbranched alkanes of at least 4 members (excludes halogenated alkanes) is 4. The third-order valence-electron chi connectivity index (χ3n) is 15.7. The molecule has 2 aromatic carbocycles. The van der Waals surface area contributed by atoms with Crippen LogP contribution in [-0.4, -0.2) is 130 Å². The molecule has 406 valence electrons. The van der Waals surface area contributed by atoms with Gasteiger partial charge in [-0.1, -0.05) is 56.1 Å². The molecule has 5 heterocycles. The number of ketones is 1. The Labute approximate surface area is 440 Å². The van der Waals surface area contributed by atoms with Crippen LogP contribution in [0.5, 0.6) is 0 Å². The van der Waals surface area contributed by atoms with Gasteiger partial charge in [-0.3, -0.25) is 48.5 Å². The molecule has 20 heteroatoms. The Morgan fingerprint density at radius 3 is 2.45 bits per heavy atom. The van der Waals surface area contributed by atoms with Crippen LogP contribution < -0.4 is 27.0 Å². The normalized spacial score (nSPS) is 21.9. The number of aromatic nitrogens is 1. The molecule has 6 atom stereocenters. The van der Waals surface area contributed by atoms with E-state index < -0.39 is 71.3 Å². The number of carbonyl (C=O) groups excluding carboxylic acids is 9. The maximum atomic E-state index is 14.4. The zero-order valence-corrected chi connectivity index (χ0v) is 43.3. The molecule has 76 heavy (non-hydrogen) atoms. The standard InChI is InChI=1S/C56H69F2N9O9/c1-56(57,58)36-18-20-41-35(27-36)28-43(61-41)51(72)63-44-32-65(2)30-37-19-22-46(67(37)55(44)76)53(74)62-42(21-24-48(59)69)47(68)29-39(33-13-9-7-10-14-33)50(71)60-26-11-6-4-3-5-8-15-34-16-12-17-38-40(34)31-66(54(38)75)45-23-25-49(70)64-52(45)73/h12,16-18,20,27-28,33,37,39,42,44-46,61H,3-7,9-11,13-14,19,21-26,29-32H2,1-2H3,(H2,59,69)(H,60,71)(H,62,74)(H,63,72)(H,64,70,73)/t37-,39+,42+,44+,45?,46+/m1/s1. The Kier molecular flexibility index (Phi) is 17.7. The van der Waals surface area contributed by atoms with E-state index in [1.165, 1.54) is 34.1 Å². The molecule has 1 saturated carbocycles. The van der Waals surface area contributed by atoms with Crippen LogP contribution in [-0.2, 0) is 46.0 Å². The van der Waals surface area contributed by atoms with Crippen LogP contribution in [0, 0.1) is 23.7 Å². The van der Waals surface area contributed by atoms with E-state index >= 15 is 0 Å². The number of amides is 8. The van der Waals surface area contributed by atoms with Gasteiger partial charge in [-0.15, -0.1) is 0 Å². The van der Waals surface area contributed by atoms with Crippen molar-refractivity contribution >= 4 is 63.9 Å². The summed E-state index contributed by atoms with van der Waals surface area (Å²) in [5, 5.41) is 11.4. The minimum Gasteiger partial charge on any atom is -0.370 e. The molecule has 8 amide bonds. The molecule has 1 aromatic heterocycles. The molecule has 5 aliphatic rings. The lowest BCUT2D eigenvalue weighted by atomic mass is 9.76. The number of H-pyrrole nitrogens is 1. The molecule has 1 aliphatic carbocycles. The van der Waals surface area contributed by atoms with Crippen molar-refractivity contribution in [1.29, 1.82) is 0 Å². The van der Waals surface area contributed by atoms with Gasteiger partial charge in [0, 0.05) is 98.3 Å². The highest BCUT2D eigenvalue weighted by atomic mass is 19.3. The highest BCUT2D eigenvalue weighted by molar-refractivity contribution is 6.06. The number of benzene rings is 2. The lowest BCUT2D eigenvalue weighted by molar-refractivity contribution is -0.142. The topological polar surface area (TPSA) is 253 Å². The summed E-state index contributed by atoms with van der Waals surface area (Å²) >= 11 is 0. The second-order valence-corrected chi connectivity index (χ2v) is 21.3. The highest BCUT2D eigenvalue weighted by Gasteiger charge is 2.47. The molecule has 0 bridgehead atoms. The van der Waals surface area contributed by atoms with Crippen molar-refractivity contribution in [2.45, 2.75) is 159 Å². The number of nitrogens with zero attached hydrogens (tertiary/aromatic N) is 3. The summed E-state index contributed by atoms with van der Waals surface area (Å²) in [6.45, 7) is 2.00. The van der Waals surface area contributed by atoms with Crippen molar-refractivity contribution in [3.8, 4) is 11.8 Å².